The van der Waals surface area contributed by atoms with Gasteiger partial charge in [0.2, 0.25) is 0 Å². The second-order valence-electron chi connectivity index (χ2n) is 5.74. The first-order valence-electron chi connectivity index (χ1n) is 7.16. The van der Waals surface area contributed by atoms with Gasteiger partial charge in [0.05, 0.1) is 11.4 Å². The Bertz CT molecular complexity index is 427. The molecule has 0 saturated heterocycles. The van der Waals surface area contributed by atoms with E-state index in [4.69, 9.17) is 5.73 Å². The molecule has 108 valence electrons. The number of aryl methyl sites for hydroxylation is 1. The van der Waals surface area contributed by atoms with Crippen molar-refractivity contribution < 1.29 is 0 Å². The lowest BCUT2D eigenvalue weighted by molar-refractivity contribution is 0.472. The molecule has 0 spiro atoms. The summed E-state index contributed by atoms with van der Waals surface area (Å²) in [6, 6.07) is 0.515. The molecule has 4 nitrogen and oxygen atoms in total. The number of thioether (sulfide) groups is 1. The van der Waals surface area contributed by atoms with Gasteiger partial charge in [-0.3, -0.25) is 4.68 Å². The van der Waals surface area contributed by atoms with Crippen LogP contribution in [0.4, 0.5) is 11.5 Å². The minimum Gasteiger partial charge on any atom is -0.394 e. The number of anilines is 2. The topological polar surface area (TPSA) is 55.9 Å². The molecular formula is C14H26N4S. The quantitative estimate of drug-likeness (QED) is 0.890. The number of hydrogen-bond donors (Lipinski definition) is 2. The van der Waals surface area contributed by atoms with E-state index in [1.807, 2.05) is 23.5 Å². The third kappa shape index (κ3) is 3.02. The summed E-state index contributed by atoms with van der Waals surface area (Å²) in [4.78, 5) is 0. The Kier molecular flexibility index (Phi) is 4.66. The second-order valence-corrected chi connectivity index (χ2v) is 6.81. The highest BCUT2D eigenvalue weighted by molar-refractivity contribution is 7.99. The van der Waals surface area contributed by atoms with Gasteiger partial charge in [-0.05, 0) is 25.0 Å². The number of nitrogen functional groups attached to an aromatic ring is 1. The summed E-state index contributed by atoms with van der Waals surface area (Å²) in [5, 5.41) is 8.88. The summed E-state index contributed by atoms with van der Waals surface area (Å²) in [7, 11) is 1.97. The Balaban J connectivity index is 2.18. The minimum atomic E-state index is 0.365. The normalized spacial score (nSPS) is 23.8. The lowest BCUT2D eigenvalue weighted by atomic mass is 9.95. The molecule has 1 heterocycles. The number of nitrogens with one attached hydrogen (secondary N) is 1. The van der Waals surface area contributed by atoms with Gasteiger partial charge in [-0.25, -0.2) is 0 Å². The third-order valence-electron chi connectivity index (χ3n) is 3.99. The number of nitrogens with two attached hydrogens (primary N) is 1. The minimum absolute atomic E-state index is 0.365. The molecule has 1 aromatic rings. The summed E-state index contributed by atoms with van der Waals surface area (Å²) in [6.07, 6.45) is 7.39. The molecule has 2 unspecified atom stereocenters. The Labute approximate surface area is 120 Å². The van der Waals surface area contributed by atoms with Gasteiger partial charge >= 0.3 is 0 Å². The predicted molar refractivity (Wildman–Crippen MR) is 84.9 cm³/mol. The molecule has 0 amide bonds. The van der Waals surface area contributed by atoms with Crippen LogP contribution in [-0.2, 0) is 7.05 Å². The van der Waals surface area contributed by atoms with E-state index in [0.29, 0.717) is 17.2 Å². The Morgan fingerprint density at radius 1 is 1.37 bits per heavy atom. The molecule has 2 rings (SSSR count). The molecule has 1 aliphatic carbocycles. The molecule has 5 heteroatoms. The van der Waals surface area contributed by atoms with Crippen LogP contribution in [-0.4, -0.2) is 27.3 Å². The van der Waals surface area contributed by atoms with Gasteiger partial charge in [-0.15, -0.1) is 0 Å². The van der Waals surface area contributed by atoms with Crippen molar-refractivity contribution in [1.29, 1.82) is 0 Å². The first-order valence-corrected chi connectivity index (χ1v) is 8.45. The molecule has 19 heavy (non-hydrogen) atoms. The van der Waals surface area contributed by atoms with E-state index in [9.17, 15) is 0 Å². The van der Waals surface area contributed by atoms with Crippen molar-refractivity contribution in [2.45, 2.75) is 56.7 Å². The maximum absolute atomic E-state index is 6.26. The fourth-order valence-corrected chi connectivity index (χ4v) is 3.81. The zero-order valence-corrected chi connectivity index (χ0v) is 13.3. The van der Waals surface area contributed by atoms with Crippen LogP contribution in [0.15, 0.2) is 0 Å². The second kappa shape index (κ2) is 6.07. The first kappa shape index (κ1) is 14.6. The van der Waals surface area contributed by atoms with E-state index in [1.54, 1.807) is 0 Å². The van der Waals surface area contributed by atoms with Gasteiger partial charge in [0.15, 0.2) is 0 Å². The lowest BCUT2D eigenvalue weighted by Gasteiger charge is -2.31. The molecule has 2 atom stereocenters. The maximum atomic E-state index is 6.26. The van der Waals surface area contributed by atoms with Crippen molar-refractivity contribution in [3.05, 3.63) is 5.69 Å². The summed E-state index contributed by atoms with van der Waals surface area (Å²) >= 11 is 1.96. The van der Waals surface area contributed by atoms with Crippen molar-refractivity contribution in [3.63, 3.8) is 0 Å². The van der Waals surface area contributed by atoms with Gasteiger partial charge in [-0.2, -0.15) is 16.9 Å². The van der Waals surface area contributed by atoms with Gasteiger partial charge in [0, 0.05) is 18.3 Å². The summed E-state index contributed by atoms with van der Waals surface area (Å²) in [5.41, 5.74) is 8.08. The average Bonchev–Trinajstić information content (AvgIpc) is 2.67. The SMILES string of the molecule is CSC1CCCCC1Nc1c(N)c(C(C)C)nn1C. The Hall–Kier alpha value is -0.840. The first-order chi connectivity index (χ1) is 9.04. The van der Waals surface area contributed by atoms with E-state index >= 15 is 0 Å². The van der Waals surface area contributed by atoms with Crippen LogP contribution in [0.1, 0.15) is 51.1 Å². The number of hydrogen-bond acceptors (Lipinski definition) is 4. The molecule has 1 aliphatic rings. The highest BCUT2D eigenvalue weighted by Gasteiger charge is 2.26. The Morgan fingerprint density at radius 2 is 2.05 bits per heavy atom. The number of aromatic nitrogens is 2. The van der Waals surface area contributed by atoms with Crippen LogP contribution < -0.4 is 11.1 Å². The van der Waals surface area contributed by atoms with Crippen molar-refractivity contribution in [2.75, 3.05) is 17.3 Å². The van der Waals surface area contributed by atoms with Crippen molar-refractivity contribution >= 4 is 23.3 Å². The Morgan fingerprint density at radius 3 is 2.63 bits per heavy atom. The van der Waals surface area contributed by atoms with E-state index in [-0.39, 0.29) is 0 Å². The summed E-state index contributed by atoms with van der Waals surface area (Å²) in [6.45, 7) is 4.27. The van der Waals surface area contributed by atoms with Crippen LogP contribution in [0, 0.1) is 0 Å². The van der Waals surface area contributed by atoms with Crippen LogP contribution in [0.5, 0.6) is 0 Å². The fourth-order valence-electron chi connectivity index (χ4n) is 2.88. The fraction of sp³-hybridized carbons (Fsp3) is 0.786. The molecule has 0 bridgehead atoms. The van der Waals surface area contributed by atoms with Gasteiger partial charge in [0.1, 0.15) is 5.82 Å². The molecule has 3 N–H and O–H groups in total. The molecule has 1 saturated carbocycles. The van der Waals surface area contributed by atoms with Crippen LogP contribution in [0.3, 0.4) is 0 Å². The van der Waals surface area contributed by atoms with Crippen LogP contribution in [0.2, 0.25) is 0 Å². The van der Waals surface area contributed by atoms with E-state index in [1.165, 1.54) is 25.7 Å². The van der Waals surface area contributed by atoms with E-state index in [2.05, 4.69) is 30.5 Å². The van der Waals surface area contributed by atoms with Crippen molar-refractivity contribution in [2.24, 2.45) is 7.05 Å². The smallest absolute Gasteiger partial charge is 0.148 e. The molecule has 0 radical (unpaired) electrons. The predicted octanol–water partition coefficient (Wildman–Crippen LogP) is 3.21. The molecule has 0 aromatic carbocycles. The highest BCUT2D eigenvalue weighted by atomic mass is 32.2. The van der Waals surface area contributed by atoms with Crippen molar-refractivity contribution in [3.8, 4) is 0 Å². The van der Waals surface area contributed by atoms with Crippen molar-refractivity contribution in [1.82, 2.24) is 9.78 Å². The molecule has 1 aromatic heterocycles. The number of nitrogens with zero attached hydrogens (tertiary/aromatic N) is 2. The van der Waals surface area contributed by atoms with Gasteiger partial charge < -0.3 is 11.1 Å². The van der Waals surface area contributed by atoms with Crippen LogP contribution >= 0.6 is 11.8 Å². The highest BCUT2D eigenvalue weighted by Crippen LogP contribution is 2.33. The molecule has 0 aliphatic heterocycles. The van der Waals surface area contributed by atoms with E-state index in [0.717, 1.165) is 17.2 Å². The van der Waals surface area contributed by atoms with Gasteiger partial charge in [-0.1, -0.05) is 26.7 Å². The lowest BCUT2D eigenvalue weighted by Crippen LogP contribution is -2.35. The summed E-state index contributed by atoms with van der Waals surface area (Å²) < 4.78 is 1.90. The standard InChI is InChI=1S/C14H26N4S/c1-9(2)13-12(15)14(18(3)17-13)16-10-7-5-6-8-11(10)19-4/h9-11,16H,5-8,15H2,1-4H3. The zero-order valence-electron chi connectivity index (χ0n) is 12.4. The maximum Gasteiger partial charge on any atom is 0.148 e. The largest absolute Gasteiger partial charge is 0.394 e. The average molecular weight is 282 g/mol. The molecular weight excluding hydrogens is 256 g/mol. The summed E-state index contributed by atoms with van der Waals surface area (Å²) in [5.74, 6) is 1.36. The van der Waals surface area contributed by atoms with Gasteiger partial charge in [0.25, 0.3) is 0 Å². The third-order valence-corrected chi connectivity index (χ3v) is 5.16. The number of rotatable bonds is 4. The zero-order chi connectivity index (χ0) is 14.0. The van der Waals surface area contributed by atoms with E-state index < -0.39 is 0 Å². The monoisotopic (exact) mass is 282 g/mol. The molecule has 1 fully saturated rings. The van der Waals surface area contributed by atoms with Crippen LogP contribution in [0.25, 0.3) is 0 Å².